The Morgan fingerprint density at radius 3 is 2.80 bits per heavy atom. The molecule has 1 rings (SSSR count). The summed E-state index contributed by atoms with van der Waals surface area (Å²) in [5.74, 6) is 0.656. The van der Waals surface area contributed by atoms with Gasteiger partial charge in [-0.1, -0.05) is 13.5 Å². The molecule has 82 valence electrons. The molecule has 1 heterocycles. The summed E-state index contributed by atoms with van der Waals surface area (Å²) >= 11 is 0. The molecule has 0 aliphatic rings. The first-order valence-electron chi connectivity index (χ1n) is 5.16. The fraction of sp³-hybridized carbons (Fsp3) is 0.417. The number of nitrogens with zero attached hydrogens (tertiary/aromatic N) is 1. The summed E-state index contributed by atoms with van der Waals surface area (Å²) in [6.07, 6.45) is 2.85. The number of ether oxygens (including phenoxy) is 1. The normalized spacial score (nSPS) is 11.5. The van der Waals surface area contributed by atoms with Gasteiger partial charge in [0.05, 0.1) is 12.2 Å². The average molecular weight is 206 g/mol. The largest absolute Gasteiger partial charge is 0.477 e. The van der Waals surface area contributed by atoms with Gasteiger partial charge in [-0.05, 0) is 26.3 Å². The molecule has 3 heteroatoms. The standard InChI is InChI=1S/C12H18N2O/c1-5-8-15-12(14-9(2)3)11-6-7-13-10(11)4/h6-7,13H,2,5,8H2,1,3-4H3. The summed E-state index contributed by atoms with van der Waals surface area (Å²) in [5, 5.41) is 0. The third kappa shape index (κ3) is 3.27. The van der Waals surface area contributed by atoms with Crippen molar-refractivity contribution in [1.29, 1.82) is 0 Å². The minimum atomic E-state index is 0.656. The highest BCUT2D eigenvalue weighted by atomic mass is 16.5. The molecule has 0 bridgehead atoms. The van der Waals surface area contributed by atoms with E-state index in [0.29, 0.717) is 12.5 Å². The number of rotatable bonds is 4. The zero-order valence-corrected chi connectivity index (χ0v) is 9.63. The van der Waals surface area contributed by atoms with Crippen molar-refractivity contribution in [2.45, 2.75) is 27.2 Å². The molecule has 0 atom stereocenters. The molecule has 0 saturated heterocycles. The van der Waals surface area contributed by atoms with Gasteiger partial charge in [0.25, 0.3) is 0 Å². The number of hydrogen-bond donors (Lipinski definition) is 1. The van der Waals surface area contributed by atoms with Gasteiger partial charge in [-0.25, -0.2) is 4.99 Å². The molecule has 0 aliphatic carbocycles. The smallest absolute Gasteiger partial charge is 0.222 e. The van der Waals surface area contributed by atoms with Gasteiger partial charge in [0.1, 0.15) is 0 Å². The molecule has 0 amide bonds. The van der Waals surface area contributed by atoms with Crippen molar-refractivity contribution < 1.29 is 4.74 Å². The molecule has 0 unspecified atom stereocenters. The Kier molecular flexibility index (Phi) is 4.16. The fourth-order valence-corrected chi connectivity index (χ4v) is 1.23. The van der Waals surface area contributed by atoms with Crippen molar-refractivity contribution in [3.8, 4) is 0 Å². The number of allylic oxidation sites excluding steroid dienone is 1. The molecular weight excluding hydrogens is 188 g/mol. The van der Waals surface area contributed by atoms with Crippen LogP contribution in [0.3, 0.4) is 0 Å². The molecule has 15 heavy (non-hydrogen) atoms. The quantitative estimate of drug-likeness (QED) is 0.596. The summed E-state index contributed by atoms with van der Waals surface area (Å²) in [6, 6.07) is 1.97. The highest BCUT2D eigenvalue weighted by Crippen LogP contribution is 2.10. The Morgan fingerprint density at radius 2 is 2.33 bits per heavy atom. The lowest BCUT2D eigenvalue weighted by Crippen LogP contribution is -2.08. The van der Waals surface area contributed by atoms with Crippen LogP contribution in [0.5, 0.6) is 0 Å². The van der Waals surface area contributed by atoms with Gasteiger partial charge in [-0.15, -0.1) is 0 Å². The first-order chi connectivity index (χ1) is 7.15. The molecule has 1 aromatic heterocycles. The van der Waals surface area contributed by atoms with E-state index in [9.17, 15) is 0 Å². The number of nitrogens with one attached hydrogen (secondary N) is 1. The molecule has 0 aromatic carbocycles. The maximum Gasteiger partial charge on any atom is 0.222 e. The molecule has 0 radical (unpaired) electrons. The second-order valence-electron chi connectivity index (χ2n) is 3.52. The van der Waals surface area contributed by atoms with E-state index in [-0.39, 0.29) is 0 Å². The van der Waals surface area contributed by atoms with E-state index < -0.39 is 0 Å². The van der Waals surface area contributed by atoms with Crippen LogP contribution in [0.4, 0.5) is 0 Å². The van der Waals surface area contributed by atoms with Gasteiger partial charge in [0.15, 0.2) is 0 Å². The van der Waals surface area contributed by atoms with Gasteiger partial charge in [-0.3, -0.25) is 0 Å². The third-order valence-electron chi connectivity index (χ3n) is 1.92. The fourth-order valence-electron chi connectivity index (χ4n) is 1.23. The Hall–Kier alpha value is -1.51. The second-order valence-corrected chi connectivity index (χ2v) is 3.52. The van der Waals surface area contributed by atoms with Crippen molar-refractivity contribution in [2.75, 3.05) is 6.61 Å². The molecule has 3 nitrogen and oxygen atoms in total. The van der Waals surface area contributed by atoms with Crippen molar-refractivity contribution in [2.24, 2.45) is 4.99 Å². The van der Waals surface area contributed by atoms with Gasteiger partial charge < -0.3 is 9.72 Å². The summed E-state index contributed by atoms with van der Waals surface area (Å²) in [6.45, 7) is 10.4. The lowest BCUT2D eigenvalue weighted by Gasteiger charge is -2.07. The predicted octanol–water partition coefficient (Wildman–Crippen LogP) is 3.03. The van der Waals surface area contributed by atoms with Crippen LogP contribution in [0, 0.1) is 6.92 Å². The monoisotopic (exact) mass is 206 g/mol. The molecule has 1 N–H and O–H groups in total. The summed E-state index contributed by atoms with van der Waals surface area (Å²) in [4.78, 5) is 7.41. The topological polar surface area (TPSA) is 37.4 Å². The van der Waals surface area contributed by atoms with Crippen molar-refractivity contribution in [3.05, 3.63) is 35.8 Å². The first kappa shape index (κ1) is 11.6. The Labute approximate surface area is 90.9 Å². The minimum Gasteiger partial charge on any atom is -0.477 e. The summed E-state index contributed by atoms with van der Waals surface area (Å²) in [5.41, 5.74) is 2.82. The molecule has 0 saturated carbocycles. The van der Waals surface area contributed by atoms with Crippen LogP contribution in [0.15, 0.2) is 29.5 Å². The van der Waals surface area contributed by atoms with Crippen molar-refractivity contribution in [3.63, 3.8) is 0 Å². The van der Waals surface area contributed by atoms with Crippen LogP contribution in [0.25, 0.3) is 0 Å². The Bertz CT molecular complexity index is 363. The number of H-pyrrole nitrogens is 1. The van der Waals surface area contributed by atoms with Crippen LogP contribution in [-0.2, 0) is 4.74 Å². The summed E-state index contributed by atoms with van der Waals surface area (Å²) < 4.78 is 5.60. The Balaban J connectivity index is 2.91. The average Bonchev–Trinajstić information content (AvgIpc) is 2.58. The van der Waals surface area contributed by atoms with Crippen molar-refractivity contribution >= 4 is 5.90 Å². The van der Waals surface area contributed by atoms with Crippen LogP contribution >= 0.6 is 0 Å². The molecule has 1 aromatic rings. The second kappa shape index (κ2) is 5.39. The van der Waals surface area contributed by atoms with E-state index in [1.807, 2.05) is 26.1 Å². The van der Waals surface area contributed by atoms with E-state index in [4.69, 9.17) is 4.74 Å². The van der Waals surface area contributed by atoms with Gasteiger partial charge in [-0.2, -0.15) is 0 Å². The minimum absolute atomic E-state index is 0.656. The van der Waals surface area contributed by atoms with Gasteiger partial charge >= 0.3 is 0 Å². The van der Waals surface area contributed by atoms with Crippen LogP contribution in [0.2, 0.25) is 0 Å². The number of aromatic nitrogens is 1. The van der Waals surface area contributed by atoms with Crippen LogP contribution in [0.1, 0.15) is 31.5 Å². The van der Waals surface area contributed by atoms with E-state index >= 15 is 0 Å². The van der Waals surface area contributed by atoms with E-state index in [2.05, 4.69) is 23.5 Å². The van der Waals surface area contributed by atoms with Gasteiger partial charge in [0.2, 0.25) is 5.90 Å². The van der Waals surface area contributed by atoms with Crippen molar-refractivity contribution in [1.82, 2.24) is 4.98 Å². The highest BCUT2D eigenvalue weighted by Gasteiger charge is 2.08. The SMILES string of the molecule is C=C(C)N=C(OCCC)c1cc[nH]c1C. The highest BCUT2D eigenvalue weighted by molar-refractivity contribution is 5.95. The van der Waals surface area contributed by atoms with E-state index in [0.717, 1.165) is 23.4 Å². The maximum absolute atomic E-state index is 5.60. The number of aromatic amines is 1. The Morgan fingerprint density at radius 1 is 1.60 bits per heavy atom. The molecule has 0 spiro atoms. The zero-order valence-electron chi connectivity index (χ0n) is 9.63. The third-order valence-corrected chi connectivity index (χ3v) is 1.92. The van der Waals surface area contributed by atoms with E-state index in [1.165, 1.54) is 0 Å². The number of aliphatic imine (C=N–C) groups is 1. The number of hydrogen-bond acceptors (Lipinski definition) is 2. The van der Waals surface area contributed by atoms with Crippen LogP contribution in [-0.4, -0.2) is 17.5 Å². The molecule has 0 aliphatic heterocycles. The van der Waals surface area contributed by atoms with Gasteiger partial charge in [0, 0.05) is 17.6 Å². The molecular formula is C12H18N2O. The lowest BCUT2D eigenvalue weighted by molar-refractivity contribution is 0.305. The summed E-state index contributed by atoms with van der Waals surface area (Å²) in [7, 11) is 0. The number of aryl methyl sites for hydroxylation is 1. The maximum atomic E-state index is 5.60. The predicted molar refractivity (Wildman–Crippen MR) is 63.1 cm³/mol. The first-order valence-corrected chi connectivity index (χ1v) is 5.16. The van der Waals surface area contributed by atoms with E-state index in [1.54, 1.807) is 0 Å². The van der Waals surface area contributed by atoms with Crippen LogP contribution < -0.4 is 0 Å². The zero-order chi connectivity index (χ0) is 11.3. The molecule has 0 fully saturated rings. The lowest BCUT2D eigenvalue weighted by atomic mass is 10.2.